The lowest BCUT2D eigenvalue weighted by atomic mass is 10.1. The number of carbonyl (C=O) groups is 1. The first-order valence-corrected chi connectivity index (χ1v) is 7.48. The molecule has 0 unspecified atom stereocenters. The molecule has 0 fully saturated rings. The van der Waals surface area contributed by atoms with Gasteiger partial charge < -0.3 is 21.0 Å². The number of nitrogens with one attached hydrogen (secondary N) is 1. The first-order valence-electron chi connectivity index (χ1n) is 6.67. The second kappa shape index (κ2) is 7.57. The van der Waals surface area contributed by atoms with Crippen LogP contribution in [0.1, 0.15) is 0 Å². The van der Waals surface area contributed by atoms with E-state index < -0.39 is 5.97 Å². The van der Waals surface area contributed by atoms with Gasteiger partial charge in [0, 0.05) is 4.90 Å². The van der Waals surface area contributed by atoms with Gasteiger partial charge in [0.15, 0.2) is 0 Å². The summed E-state index contributed by atoms with van der Waals surface area (Å²) in [6.07, 6.45) is 0. The van der Waals surface area contributed by atoms with Gasteiger partial charge in [-0.05, 0) is 35.4 Å². The van der Waals surface area contributed by atoms with Crippen LogP contribution in [0.4, 0.5) is 0 Å². The van der Waals surface area contributed by atoms with Crippen molar-refractivity contribution >= 4 is 17.7 Å². The zero-order chi connectivity index (χ0) is 16.8. The van der Waals surface area contributed by atoms with Crippen molar-refractivity contribution in [2.75, 3.05) is 7.11 Å². The number of aliphatic carboxylic acids is 1. The minimum Gasteiger partial charge on any atom is -0.497 e. The SMILES string of the molecule is COc1ccc(-c2ccc(S/C(NN)=C(/N)C(=O)O)cc2)cc1. The molecule has 0 amide bonds. The van der Waals surface area contributed by atoms with E-state index in [-0.39, 0.29) is 10.7 Å². The normalized spacial score (nSPS) is 11.6. The lowest BCUT2D eigenvalue weighted by Crippen LogP contribution is -2.26. The molecule has 0 spiro atoms. The Bertz CT molecular complexity index is 712. The second-order valence-electron chi connectivity index (χ2n) is 4.55. The molecule has 2 rings (SSSR count). The zero-order valence-corrected chi connectivity index (χ0v) is 13.3. The highest BCUT2D eigenvalue weighted by molar-refractivity contribution is 8.03. The van der Waals surface area contributed by atoms with Gasteiger partial charge in [-0.1, -0.05) is 36.0 Å². The summed E-state index contributed by atoms with van der Waals surface area (Å²) >= 11 is 1.15. The van der Waals surface area contributed by atoms with Crippen molar-refractivity contribution in [1.82, 2.24) is 5.43 Å². The third-order valence-electron chi connectivity index (χ3n) is 3.10. The van der Waals surface area contributed by atoms with Gasteiger partial charge in [-0.15, -0.1) is 0 Å². The van der Waals surface area contributed by atoms with E-state index >= 15 is 0 Å². The molecule has 0 atom stereocenters. The maximum atomic E-state index is 10.9. The number of ether oxygens (including phenoxy) is 1. The van der Waals surface area contributed by atoms with Crippen LogP contribution < -0.4 is 21.7 Å². The van der Waals surface area contributed by atoms with E-state index in [4.69, 9.17) is 21.4 Å². The van der Waals surface area contributed by atoms with Crippen LogP contribution in [0.3, 0.4) is 0 Å². The summed E-state index contributed by atoms with van der Waals surface area (Å²) in [5.74, 6) is 4.90. The molecular weight excluding hydrogens is 314 g/mol. The fourth-order valence-corrected chi connectivity index (χ4v) is 2.64. The molecule has 7 heteroatoms. The summed E-state index contributed by atoms with van der Waals surface area (Å²) in [5, 5.41) is 9.08. The van der Waals surface area contributed by atoms with Gasteiger partial charge in [0.25, 0.3) is 0 Å². The molecule has 0 aliphatic carbocycles. The molecule has 0 radical (unpaired) electrons. The zero-order valence-electron chi connectivity index (χ0n) is 12.4. The largest absolute Gasteiger partial charge is 0.497 e. The molecule has 0 saturated heterocycles. The minimum absolute atomic E-state index is 0.190. The van der Waals surface area contributed by atoms with Crippen LogP contribution in [0.25, 0.3) is 11.1 Å². The number of methoxy groups -OCH3 is 1. The molecule has 0 heterocycles. The fourth-order valence-electron chi connectivity index (χ4n) is 1.88. The number of hydrazine groups is 1. The Kier molecular flexibility index (Phi) is 5.51. The Morgan fingerprint density at radius 2 is 1.61 bits per heavy atom. The topological polar surface area (TPSA) is 111 Å². The molecule has 6 nitrogen and oxygen atoms in total. The summed E-state index contributed by atoms with van der Waals surface area (Å²) in [4.78, 5) is 11.7. The highest BCUT2D eigenvalue weighted by Gasteiger charge is 2.11. The fraction of sp³-hybridized carbons (Fsp3) is 0.0625. The van der Waals surface area contributed by atoms with Crippen LogP contribution in [-0.4, -0.2) is 18.2 Å². The molecule has 0 bridgehead atoms. The van der Waals surface area contributed by atoms with Crippen LogP contribution in [0.2, 0.25) is 0 Å². The van der Waals surface area contributed by atoms with E-state index in [1.165, 1.54) is 0 Å². The Labute approximate surface area is 138 Å². The average Bonchev–Trinajstić information content (AvgIpc) is 2.59. The summed E-state index contributed by atoms with van der Waals surface area (Å²) in [6.45, 7) is 0. The number of nitrogens with two attached hydrogens (primary N) is 2. The molecule has 0 saturated carbocycles. The molecular formula is C16H17N3O3S. The monoisotopic (exact) mass is 331 g/mol. The van der Waals surface area contributed by atoms with Gasteiger partial charge in [0.2, 0.25) is 0 Å². The van der Waals surface area contributed by atoms with E-state index in [2.05, 4.69) is 5.43 Å². The second-order valence-corrected chi connectivity index (χ2v) is 5.63. The van der Waals surface area contributed by atoms with E-state index in [9.17, 15) is 4.79 Å². The highest BCUT2D eigenvalue weighted by atomic mass is 32.2. The molecule has 2 aromatic rings. The van der Waals surface area contributed by atoms with Gasteiger partial charge in [0.05, 0.1) is 7.11 Å². The molecule has 6 N–H and O–H groups in total. The van der Waals surface area contributed by atoms with Gasteiger partial charge in [-0.25, -0.2) is 10.6 Å². The number of hydrogen-bond donors (Lipinski definition) is 4. The van der Waals surface area contributed by atoms with Crippen LogP contribution in [-0.2, 0) is 4.79 Å². The van der Waals surface area contributed by atoms with Crippen molar-refractivity contribution in [1.29, 1.82) is 0 Å². The maximum absolute atomic E-state index is 10.9. The number of hydrogen-bond acceptors (Lipinski definition) is 6. The van der Waals surface area contributed by atoms with Crippen LogP contribution >= 0.6 is 11.8 Å². The van der Waals surface area contributed by atoms with E-state index in [0.717, 1.165) is 33.5 Å². The van der Waals surface area contributed by atoms with Gasteiger partial charge in [0.1, 0.15) is 16.5 Å². The quantitative estimate of drug-likeness (QED) is 0.278. The molecule has 0 aromatic heterocycles. The maximum Gasteiger partial charge on any atom is 0.354 e. The van der Waals surface area contributed by atoms with Crippen molar-refractivity contribution < 1.29 is 14.6 Å². The first-order chi connectivity index (χ1) is 11.0. The van der Waals surface area contributed by atoms with Crippen molar-refractivity contribution in [3.05, 3.63) is 59.3 Å². The first kappa shape index (κ1) is 16.7. The summed E-state index contributed by atoms with van der Waals surface area (Å²) in [5.41, 5.74) is 9.56. The molecule has 0 aliphatic heterocycles. The Hall–Kier alpha value is -2.64. The number of carboxylic acids is 1. The third-order valence-corrected chi connectivity index (χ3v) is 4.15. The molecule has 120 valence electrons. The van der Waals surface area contributed by atoms with Crippen molar-refractivity contribution in [2.24, 2.45) is 11.6 Å². The predicted molar refractivity (Wildman–Crippen MR) is 90.5 cm³/mol. The van der Waals surface area contributed by atoms with Crippen LogP contribution in [0.5, 0.6) is 5.75 Å². The summed E-state index contributed by atoms with van der Waals surface area (Å²) in [7, 11) is 1.63. The van der Waals surface area contributed by atoms with Crippen molar-refractivity contribution in [2.45, 2.75) is 4.90 Å². The minimum atomic E-state index is -1.22. The standard InChI is InChI=1S/C16H17N3O3S/c1-22-12-6-2-10(3-7-12)11-4-8-13(9-5-11)23-15(19-18)14(17)16(20)21/h2-9,19H,17-18H2,1H3,(H,20,21)/b15-14+. The Balaban J connectivity index is 2.18. The van der Waals surface area contributed by atoms with Crippen molar-refractivity contribution in [3.8, 4) is 16.9 Å². The van der Waals surface area contributed by atoms with Gasteiger partial charge >= 0.3 is 5.97 Å². The van der Waals surface area contributed by atoms with E-state index in [1.54, 1.807) is 7.11 Å². The smallest absolute Gasteiger partial charge is 0.354 e. The summed E-state index contributed by atoms with van der Waals surface area (Å²) in [6, 6.07) is 15.3. The lowest BCUT2D eigenvalue weighted by molar-refractivity contribution is -0.132. The number of thioether (sulfide) groups is 1. The Morgan fingerprint density at radius 3 is 2.04 bits per heavy atom. The predicted octanol–water partition coefficient (Wildman–Crippen LogP) is 2.13. The Morgan fingerprint density at radius 1 is 1.09 bits per heavy atom. The number of carboxylic acid groups (broad SMARTS) is 1. The molecule has 2 aromatic carbocycles. The van der Waals surface area contributed by atoms with E-state index in [1.807, 2.05) is 48.5 Å². The molecule has 0 aliphatic rings. The van der Waals surface area contributed by atoms with Crippen LogP contribution in [0.15, 0.2) is 64.2 Å². The third kappa shape index (κ3) is 4.18. The highest BCUT2D eigenvalue weighted by Crippen LogP contribution is 2.29. The van der Waals surface area contributed by atoms with E-state index in [0.29, 0.717) is 0 Å². The van der Waals surface area contributed by atoms with Crippen molar-refractivity contribution in [3.63, 3.8) is 0 Å². The lowest BCUT2D eigenvalue weighted by Gasteiger charge is -2.09. The molecule has 23 heavy (non-hydrogen) atoms. The average molecular weight is 331 g/mol. The van der Waals surface area contributed by atoms with Gasteiger partial charge in [-0.2, -0.15) is 0 Å². The van der Waals surface area contributed by atoms with Crippen LogP contribution in [0, 0.1) is 0 Å². The van der Waals surface area contributed by atoms with Gasteiger partial charge in [-0.3, -0.25) is 0 Å². The number of benzene rings is 2. The number of rotatable bonds is 6. The summed E-state index contributed by atoms with van der Waals surface area (Å²) < 4.78 is 5.13.